The predicted octanol–water partition coefficient (Wildman–Crippen LogP) is 7.61. The normalized spacial score (nSPS) is 10.9. The van der Waals surface area contributed by atoms with E-state index in [2.05, 4.69) is 4.90 Å². The first-order chi connectivity index (χ1) is 16.2. The zero-order valence-electron chi connectivity index (χ0n) is 20.0. The Morgan fingerprint density at radius 2 is 1.15 bits per heavy atom. The highest BCUT2D eigenvalue weighted by Crippen LogP contribution is 2.43. The van der Waals surface area contributed by atoms with Crippen molar-refractivity contribution >= 4 is 17.1 Å². The van der Waals surface area contributed by atoms with Crippen LogP contribution < -0.4 is 9.64 Å². The Balaban J connectivity index is 1.88. The molecule has 0 unspecified atom stereocenters. The van der Waals surface area contributed by atoms with E-state index in [4.69, 9.17) is 4.74 Å². The average Bonchev–Trinajstić information content (AvgIpc) is 2.81. The van der Waals surface area contributed by atoms with Gasteiger partial charge in [0, 0.05) is 23.1 Å². The van der Waals surface area contributed by atoms with Crippen molar-refractivity contribution in [1.82, 2.24) is 0 Å². The first-order valence-electron chi connectivity index (χ1n) is 11.1. The van der Waals surface area contributed by atoms with Crippen LogP contribution in [-0.2, 0) is 0 Å². The Bertz CT molecular complexity index is 1320. The number of nitrogens with zero attached hydrogens (tertiary/aromatic N) is 1. The lowest BCUT2D eigenvalue weighted by atomic mass is 10.0. The third-order valence-corrected chi connectivity index (χ3v) is 6.36. The van der Waals surface area contributed by atoms with Crippen LogP contribution in [0.4, 0.5) is 17.1 Å². The topological polar surface area (TPSA) is 73.2 Å². The molecule has 4 aromatic carbocycles. The molecule has 0 bridgehead atoms. The Hall–Kier alpha value is -4.12. The first-order valence-corrected chi connectivity index (χ1v) is 11.1. The first kappa shape index (κ1) is 23.1. The molecule has 0 saturated heterocycles. The fraction of sp³-hybridized carbons (Fsp3) is 0.172. The van der Waals surface area contributed by atoms with Crippen LogP contribution in [0, 0.1) is 34.6 Å². The smallest absolute Gasteiger partial charge is 0.169 e. The molecule has 0 aliphatic rings. The van der Waals surface area contributed by atoms with Gasteiger partial charge in [0.2, 0.25) is 0 Å². The fourth-order valence-corrected chi connectivity index (χ4v) is 3.99. The van der Waals surface area contributed by atoms with Gasteiger partial charge < -0.3 is 25.0 Å². The van der Waals surface area contributed by atoms with Gasteiger partial charge in [-0.3, -0.25) is 0 Å². The van der Waals surface area contributed by atoms with Gasteiger partial charge in [-0.25, -0.2) is 0 Å². The number of aryl methyl sites for hydroxylation is 1. The predicted molar refractivity (Wildman–Crippen MR) is 136 cm³/mol. The van der Waals surface area contributed by atoms with Gasteiger partial charge in [0.25, 0.3) is 0 Å². The van der Waals surface area contributed by atoms with Gasteiger partial charge >= 0.3 is 0 Å². The number of benzene rings is 4. The molecule has 0 aliphatic carbocycles. The number of anilines is 3. The maximum absolute atomic E-state index is 10.2. The molecule has 34 heavy (non-hydrogen) atoms. The van der Waals surface area contributed by atoms with Crippen molar-refractivity contribution in [2.24, 2.45) is 0 Å². The molecule has 0 fully saturated rings. The average molecular weight is 456 g/mol. The number of rotatable bonds is 5. The fourth-order valence-electron chi connectivity index (χ4n) is 3.99. The minimum Gasteiger partial charge on any atom is -0.508 e. The van der Waals surface area contributed by atoms with Gasteiger partial charge in [0.05, 0.1) is 0 Å². The number of ether oxygens (including phenoxy) is 1. The highest BCUT2D eigenvalue weighted by molar-refractivity contribution is 5.82. The number of phenolic OH excluding ortho intramolecular Hbond substituents is 3. The molecule has 5 nitrogen and oxygen atoms in total. The molecule has 0 atom stereocenters. The van der Waals surface area contributed by atoms with Gasteiger partial charge in [-0.2, -0.15) is 0 Å². The maximum atomic E-state index is 10.2. The molecule has 0 aliphatic heterocycles. The standard InChI is InChI=1S/C29H29NO4/c1-17-9-12-28(33)29(15-17)34-23-8-6-7-22(16-23)30(24-10-13-26(31)20(4)18(24)2)25-11-14-27(32)21(5)19(25)3/h6-16,31-33H,1-5H3. The van der Waals surface area contributed by atoms with E-state index in [-0.39, 0.29) is 17.2 Å². The summed E-state index contributed by atoms with van der Waals surface area (Å²) in [6, 6.07) is 20.0. The Kier molecular flexibility index (Phi) is 6.12. The second kappa shape index (κ2) is 9.02. The van der Waals surface area contributed by atoms with E-state index in [0.29, 0.717) is 11.5 Å². The van der Waals surface area contributed by atoms with E-state index in [1.54, 1.807) is 24.3 Å². The molecule has 0 heterocycles. The minimum absolute atomic E-state index is 0.0721. The largest absolute Gasteiger partial charge is 0.508 e. The second-order valence-electron chi connectivity index (χ2n) is 8.61. The van der Waals surface area contributed by atoms with Crippen molar-refractivity contribution < 1.29 is 20.1 Å². The van der Waals surface area contributed by atoms with Crippen LogP contribution in [0.1, 0.15) is 27.8 Å². The highest BCUT2D eigenvalue weighted by Gasteiger charge is 2.20. The summed E-state index contributed by atoms with van der Waals surface area (Å²) < 4.78 is 6.04. The number of aromatic hydroxyl groups is 3. The Morgan fingerprint density at radius 1 is 0.588 bits per heavy atom. The maximum Gasteiger partial charge on any atom is 0.169 e. The molecule has 0 amide bonds. The molecule has 4 rings (SSSR count). The molecule has 3 N–H and O–H groups in total. The van der Waals surface area contributed by atoms with Gasteiger partial charge in [0.15, 0.2) is 11.5 Å². The van der Waals surface area contributed by atoms with Gasteiger partial charge in [0.1, 0.15) is 17.2 Å². The molecule has 0 saturated carbocycles. The van der Waals surface area contributed by atoms with E-state index in [1.807, 2.05) is 77.1 Å². The van der Waals surface area contributed by atoms with Crippen LogP contribution in [0.3, 0.4) is 0 Å². The summed E-state index contributed by atoms with van der Waals surface area (Å²) in [6.07, 6.45) is 0. The molecule has 0 spiro atoms. The van der Waals surface area contributed by atoms with Crippen molar-refractivity contribution in [2.45, 2.75) is 34.6 Å². The molecule has 174 valence electrons. The third kappa shape index (κ3) is 4.25. The van der Waals surface area contributed by atoms with Crippen LogP contribution in [0.5, 0.6) is 28.7 Å². The van der Waals surface area contributed by atoms with Crippen molar-refractivity contribution in [1.29, 1.82) is 0 Å². The minimum atomic E-state index is 0.0721. The van der Waals surface area contributed by atoms with Crippen molar-refractivity contribution in [2.75, 3.05) is 4.90 Å². The number of hydrogen-bond donors (Lipinski definition) is 3. The lowest BCUT2D eigenvalue weighted by Crippen LogP contribution is -2.13. The van der Waals surface area contributed by atoms with Crippen LogP contribution >= 0.6 is 0 Å². The zero-order chi connectivity index (χ0) is 24.6. The van der Waals surface area contributed by atoms with E-state index >= 15 is 0 Å². The van der Waals surface area contributed by atoms with Crippen LogP contribution in [0.25, 0.3) is 0 Å². The summed E-state index contributed by atoms with van der Waals surface area (Å²) in [5.41, 5.74) is 7.10. The second-order valence-corrected chi connectivity index (χ2v) is 8.61. The summed E-state index contributed by atoms with van der Waals surface area (Å²) in [7, 11) is 0. The molecule has 0 radical (unpaired) electrons. The lowest BCUT2D eigenvalue weighted by Gasteiger charge is -2.30. The Labute approximate surface area is 200 Å². The monoisotopic (exact) mass is 455 g/mol. The summed E-state index contributed by atoms with van der Waals surface area (Å²) in [5.74, 6) is 1.52. The van der Waals surface area contributed by atoms with Crippen molar-refractivity contribution in [3.63, 3.8) is 0 Å². The molecular weight excluding hydrogens is 426 g/mol. The van der Waals surface area contributed by atoms with Crippen LogP contribution in [-0.4, -0.2) is 15.3 Å². The van der Waals surface area contributed by atoms with Gasteiger partial charge in [-0.05, 0) is 111 Å². The quantitative estimate of drug-likeness (QED) is 0.289. The van der Waals surface area contributed by atoms with Crippen molar-refractivity contribution in [3.05, 3.63) is 94.5 Å². The van der Waals surface area contributed by atoms with E-state index in [0.717, 1.165) is 44.9 Å². The number of hydrogen-bond acceptors (Lipinski definition) is 5. The lowest BCUT2D eigenvalue weighted by molar-refractivity contribution is 0.411. The van der Waals surface area contributed by atoms with E-state index < -0.39 is 0 Å². The van der Waals surface area contributed by atoms with E-state index in [9.17, 15) is 15.3 Å². The Morgan fingerprint density at radius 3 is 1.74 bits per heavy atom. The highest BCUT2D eigenvalue weighted by atomic mass is 16.5. The van der Waals surface area contributed by atoms with Crippen molar-refractivity contribution in [3.8, 4) is 28.7 Å². The van der Waals surface area contributed by atoms with Gasteiger partial charge in [-0.15, -0.1) is 0 Å². The third-order valence-electron chi connectivity index (χ3n) is 6.36. The molecule has 5 heteroatoms. The molecule has 4 aromatic rings. The summed E-state index contributed by atoms with van der Waals surface area (Å²) in [5, 5.41) is 30.7. The molecule has 0 aromatic heterocycles. The van der Waals surface area contributed by atoms with Gasteiger partial charge in [-0.1, -0.05) is 12.1 Å². The number of phenols is 3. The van der Waals surface area contributed by atoms with Crippen LogP contribution in [0.2, 0.25) is 0 Å². The van der Waals surface area contributed by atoms with E-state index in [1.165, 1.54) is 0 Å². The summed E-state index contributed by atoms with van der Waals surface area (Å²) in [6.45, 7) is 9.68. The summed E-state index contributed by atoms with van der Waals surface area (Å²) >= 11 is 0. The zero-order valence-corrected chi connectivity index (χ0v) is 20.0. The SMILES string of the molecule is Cc1ccc(O)c(Oc2cccc(N(c3ccc(O)c(C)c3C)c3ccc(O)c(C)c3C)c2)c1. The molecular formula is C29H29NO4. The summed E-state index contributed by atoms with van der Waals surface area (Å²) in [4.78, 5) is 2.09. The van der Waals surface area contributed by atoms with Crippen LogP contribution in [0.15, 0.2) is 66.7 Å².